The minimum absolute atomic E-state index is 0.507. The number of hydrogen-bond acceptors (Lipinski definition) is 4. The first kappa shape index (κ1) is 18.3. The summed E-state index contributed by atoms with van der Waals surface area (Å²) in [5.41, 5.74) is 1.37. The van der Waals surface area contributed by atoms with Crippen LogP contribution in [-0.4, -0.2) is 47.9 Å². The molecule has 1 unspecified atom stereocenters. The van der Waals surface area contributed by atoms with Crippen LogP contribution < -0.4 is 10.6 Å². The molecule has 1 fully saturated rings. The number of likely N-dealkylation sites (tertiary alicyclic amines) is 1. The first-order valence-electron chi connectivity index (χ1n) is 9.28. The lowest BCUT2D eigenvalue weighted by atomic mass is 10.0. The van der Waals surface area contributed by atoms with Gasteiger partial charge in [0.05, 0.1) is 17.4 Å². The Balaban J connectivity index is 1.41. The molecule has 1 aliphatic rings. The Kier molecular flexibility index (Phi) is 6.17. The fraction of sp³-hybridized carbons (Fsp3) is 0.450. The Morgan fingerprint density at radius 1 is 1.27 bits per heavy atom. The van der Waals surface area contributed by atoms with Gasteiger partial charge in [-0.25, -0.2) is 0 Å². The van der Waals surface area contributed by atoms with Crippen molar-refractivity contribution in [2.75, 3.05) is 31.5 Å². The quantitative estimate of drug-likeness (QED) is 0.639. The monoisotopic (exact) mass is 354 g/mol. The van der Waals surface area contributed by atoms with E-state index < -0.39 is 11.8 Å². The topological polar surface area (TPSA) is 74.3 Å². The second-order valence-corrected chi connectivity index (χ2v) is 7.03. The van der Waals surface area contributed by atoms with E-state index in [1.807, 2.05) is 30.3 Å². The fourth-order valence-corrected chi connectivity index (χ4v) is 3.40. The van der Waals surface area contributed by atoms with Gasteiger partial charge in [0.15, 0.2) is 0 Å². The Hall–Kier alpha value is -2.47. The number of anilines is 1. The number of benzene rings is 1. The van der Waals surface area contributed by atoms with E-state index in [0.29, 0.717) is 12.2 Å². The number of carbonyl (C=O) groups is 2. The Bertz CT molecular complexity index is 777. The van der Waals surface area contributed by atoms with E-state index in [1.54, 1.807) is 6.20 Å². The first-order valence-corrected chi connectivity index (χ1v) is 9.28. The van der Waals surface area contributed by atoms with Crippen LogP contribution in [0.2, 0.25) is 0 Å². The molecule has 138 valence electrons. The number of fused-ring (bicyclic) bond motifs is 1. The number of rotatable bonds is 5. The van der Waals surface area contributed by atoms with Crippen LogP contribution in [0.25, 0.3) is 10.9 Å². The van der Waals surface area contributed by atoms with Crippen molar-refractivity contribution >= 4 is 28.4 Å². The molecule has 26 heavy (non-hydrogen) atoms. The van der Waals surface area contributed by atoms with Crippen LogP contribution in [0.4, 0.5) is 5.69 Å². The van der Waals surface area contributed by atoms with Crippen LogP contribution in [0, 0.1) is 5.92 Å². The average Bonchev–Trinajstić information content (AvgIpc) is 2.65. The van der Waals surface area contributed by atoms with Gasteiger partial charge in [-0.05, 0) is 50.4 Å². The van der Waals surface area contributed by atoms with Crippen LogP contribution in [0.5, 0.6) is 0 Å². The summed E-state index contributed by atoms with van der Waals surface area (Å²) < 4.78 is 0. The highest BCUT2D eigenvalue weighted by Crippen LogP contribution is 2.16. The third-order valence-corrected chi connectivity index (χ3v) is 4.73. The van der Waals surface area contributed by atoms with Gasteiger partial charge in [0.25, 0.3) is 0 Å². The van der Waals surface area contributed by atoms with Gasteiger partial charge >= 0.3 is 11.8 Å². The lowest BCUT2D eigenvalue weighted by molar-refractivity contribution is -0.136. The third kappa shape index (κ3) is 5.02. The molecule has 0 bridgehead atoms. The molecule has 2 amide bonds. The lowest BCUT2D eigenvalue weighted by Crippen LogP contribution is -2.39. The van der Waals surface area contributed by atoms with E-state index in [1.165, 1.54) is 12.8 Å². The molecule has 1 aromatic carbocycles. The second-order valence-electron chi connectivity index (χ2n) is 7.03. The van der Waals surface area contributed by atoms with Gasteiger partial charge in [0.2, 0.25) is 0 Å². The molecule has 1 aromatic heterocycles. The predicted molar refractivity (Wildman–Crippen MR) is 103 cm³/mol. The summed E-state index contributed by atoms with van der Waals surface area (Å²) >= 11 is 0. The van der Waals surface area contributed by atoms with Crippen molar-refractivity contribution in [1.29, 1.82) is 0 Å². The van der Waals surface area contributed by atoms with E-state index in [0.717, 1.165) is 42.9 Å². The van der Waals surface area contributed by atoms with Crippen molar-refractivity contribution < 1.29 is 9.59 Å². The van der Waals surface area contributed by atoms with E-state index in [-0.39, 0.29) is 0 Å². The second kappa shape index (κ2) is 8.76. The fourth-order valence-electron chi connectivity index (χ4n) is 3.40. The zero-order chi connectivity index (χ0) is 18.4. The van der Waals surface area contributed by atoms with Crippen LogP contribution in [-0.2, 0) is 9.59 Å². The summed E-state index contributed by atoms with van der Waals surface area (Å²) in [6.45, 7) is 6.00. The summed E-state index contributed by atoms with van der Waals surface area (Å²) in [6, 6.07) is 9.44. The number of carbonyl (C=O) groups excluding carboxylic acids is 2. The Labute approximate surface area is 154 Å². The minimum Gasteiger partial charge on any atom is -0.348 e. The normalized spacial score (nSPS) is 17.8. The molecule has 3 rings (SSSR count). The smallest absolute Gasteiger partial charge is 0.313 e. The largest absolute Gasteiger partial charge is 0.348 e. The van der Waals surface area contributed by atoms with Gasteiger partial charge in [-0.1, -0.05) is 25.1 Å². The average molecular weight is 354 g/mol. The summed E-state index contributed by atoms with van der Waals surface area (Å²) in [5.74, 6) is -0.515. The van der Waals surface area contributed by atoms with Gasteiger partial charge in [-0.2, -0.15) is 0 Å². The maximum atomic E-state index is 12.0. The van der Waals surface area contributed by atoms with E-state index in [2.05, 4.69) is 27.4 Å². The van der Waals surface area contributed by atoms with Crippen molar-refractivity contribution in [2.24, 2.45) is 5.92 Å². The van der Waals surface area contributed by atoms with E-state index in [9.17, 15) is 9.59 Å². The molecule has 2 aromatic rings. The Morgan fingerprint density at radius 2 is 2.12 bits per heavy atom. The van der Waals surface area contributed by atoms with Crippen molar-refractivity contribution in [3.63, 3.8) is 0 Å². The standard InChI is InChI=1S/C20H26N4O2/c1-15-6-4-10-24(14-15)11-5-9-21-19(25)20(26)23-17-12-16-7-2-3-8-18(16)22-13-17/h2-3,7-8,12-13,15H,4-6,9-11,14H2,1H3,(H,21,25)(H,23,26). The highest BCUT2D eigenvalue weighted by atomic mass is 16.2. The van der Waals surface area contributed by atoms with E-state index in [4.69, 9.17) is 0 Å². The molecule has 1 atom stereocenters. The van der Waals surface area contributed by atoms with Crippen molar-refractivity contribution in [3.05, 3.63) is 36.5 Å². The van der Waals surface area contributed by atoms with Crippen LogP contribution >= 0.6 is 0 Å². The molecule has 6 heteroatoms. The highest BCUT2D eigenvalue weighted by Gasteiger charge is 2.16. The molecule has 1 saturated heterocycles. The maximum absolute atomic E-state index is 12.0. The molecule has 0 radical (unpaired) electrons. The molecule has 2 N–H and O–H groups in total. The van der Waals surface area contributed by atoms with Crippen LogP contribution in [0.3, 0.4) is 0 Å². The molecule has 0 saturated carbocycles. The zero-order valence-corrected chi connectivity index (χ0v) is 15.2. The van der Waals surface area contributed by atoms with Gasteiger partial charge < -0.3 is 15.5 Å². The summed E-state index contributed by atoms with van der Waals surface area (Å²) in [7, 11) is 0. The first-order chi connectivity index (χ1) is 12.6. The predicted octanol–water partition coefficient (Wildman–Crippen LogP) is 2.41. The number of para-hydroxylation sites is 1. The maximum Gasteiger partial charge on any atom is 0.313 e. The number of amides is 2. The molecule has 0 aliphatic carbocycles. The molecule has 6 nitrogen and oxygen atoms in total. The molecular weight excluding hydrogens is 328 g/mol. The van der Waals surface area contributed by atoms with Gasteiger partial charge in [0, 0.05) is 18.5 Å². The van der Waals surface area contributed by atoms with Crippen LogP contribution in [0.1, 0.15) is 26.2 Å². The number of aromatic nitrogens is 1. The van der Waals surface area contributed by atoms with Crippen LogP contribution in [0.15, 0.2) is 36.5 Å². The molecule has 2 heterocycles. The van der Waals surface area contributed by atoms with Crippen molar-refractivity contribution in [2.45, 2.75) is 26.2 Å². The Morgan fingerprint density at radius 3 is 2.96 bits per heavy atom. The molecule has 0 spiro atoms. The third-order valence-electron chi connectivity index (χ3n) is 4.73. The number of piperidine rings is 1. The highest BCUT2D eigenvalue weighted by molar-refractivity contribution is 6.39. The molecular formula is C20H26N4O2. The summed E-state index contributed by atoms with van der Waals surface area (Å²) in [6.07, 6.45) is 4.96. The van der Waals surface area contributed by atoms with Crippen molar-refractivity contribution in [3.8, 4) is 0 Å². The number of hydrogen-bond donors (Lipinski definition) is 2. The summed E-state index contributed by atoms with van der Waals surface area (Å²) in [5, 5.41) is 6.22. The summed E-state index contributed by atoms with van der Waals surface area (Å²) in [4.78, 5) is 30.7. The van der Waals surface area contributed by atoms with Gasteiger partial charge in [0.1, 0.15) is 0 Å². The van der Waals surface area contributed by atoms with E-state index >= 15 is 0 Å². The zero-order valence-electron chi connectivity index (χ0n) is 15.2. The SMILES string of the molecule is CC1CCCN(CCCNC(=O)C(=O)Nc2cnc3ccccc3c2)C1. The molecule has 1 aliphatic heterocycles. The minimum atomic E-state index is -0.659. The number of pyridine rings is 1. The van der Waals surface area contributed by atoms with Crippen molar-refractivity contribution in [1.82, 2.24) is 15.2 Å². The number of nitrogens with zero attached hydrogens (tertiary/aromatic N) is 2. The number of nitrogens with one attached hydrogen (secondary N) is 2. The lowest BCUT2D eigenvalue weighted by Gasteiger charge is -2.30. The van der Waals surface area contributed by atoms with Gasteiger partial charge in [-0.15, -0.1) is 0 Å². The van der Waals surface area contributed by atoms with Gasteiger partial charge in [-0.3, -0.25) is 14.6 Å².